The maximum absolute atomic E-state index is 12.7. The third kappa shape index (κ3) is 5.40. The highest BCUT2D eigenvalue weighted by Gasteiger charge is 2.19. The molecule has 1 aliphatic heterocycles. The van der Waals surface area contributed by atoms with Crippen LogP contribution < -0.4 is 10.2 Å². The van der Waals surface area contributed by atoms with Crippen molar-refractivity contribution in [3.8, 4) is 18.0 Å². The number of benzene rings is 2. The molecule has 32 heavy (non-hydrogen) atoms. The second-order valence-corrected chi connectivity index (χ2v) is 8.55. The Morgan fingerprint density at radius 2 is 1.88 bits per heavy atom. The molecule has 1 aromatic heterocycles. The monoisotopic (exact) mass is 467 g/mol. The van der Waals surface area contributed by atoms with Crippen LogP contribution in [-0.4, -0.2) is 69.5 Å². The zero-order valence-electron chi connectivity index (χ0n) is 17.3. The van der Waals surface area contributed by atoms with Crippen LogP contribution in [-0.2, 0) is 4.79 Å². The number of rotatable bonds is 7. The van der Waals surface area contributed by atoms with Crippen molar-refractivity contribution in [2.75, 3.05) is 48.7 Å². The van der Waals surface area contributed by atoms with E-state index in [-0.39, 0.29) is 11.7 Å². The standard InChI is InChI=1S/C22H22ClN7OS/c1-2-11-28-12-14-29(15-13-28)20-6-4-3-5-19(20)24-21(31)16-32-22-25-26-27-30(22)18-9-7-17(23)8-10-18/h1,3-10H,11-16H2,(H,24,31). The van der Waals surface area contributed by atoms with Gasteiger partial charge in [-0.3, -0.25) is 9.69 Å². The van der Waals surface area contributed by atoms with Crippen molar-refractivity contribution in [2.45, 2.75) is 5.16 Å². The Hall–Kier alpha value is -3.06. The number of tetrazole rings is 1. The van der Waals surface area contributed by atoms with E-state index in [0.29, 0.717) is 16.7 Å². The lowest BCUT2D eigenvalue weighted by Gasteiger charge is -2.36. The van der Waals surface area contributed by atoms with Gasteiger partial charge in [0.2, 0.25) is 11.1 Å². The quantitative estimate of drug-likeness (QED) is 0.422. The van der Waals surface area contributed by atoms with Gasteiger partial charge < -0.3 is 10.2 Å². The van der Waals surface area contributed by atoms with Crippen LogP contribution in [0.4, 0.5) is 11.4 Å². The number of nitrogens with zero attached hydrogens (tertiary/aromatic N) is 6. The van der Waals surface area contributed by atoms with Crippen LogP contribution in [0.2, 0.25) is 5.02 Å². The molecule has 8 nitrogen and oxygen atoms in total. The highest BCUT2D eigenvalue weighted by molar-refractivity contribution is 7.99. The van der Waals surface area contributed by atoms with Gasteiger partial charge in [-0.05, 0) is 46.8 Å². The first-order chi connectivity index (χ1) is 15.6. The molecule has 164 valence electrons. The summed E-state index contributed by atoms with van der Waals surface area (Å²) in [6, 6.07) is 15.0. The van der Waals surface area contributed by atoms with Gasteiger partial charge in [0.25, 0.3) is 0 Å². The van der Waals surface area contributed by atoms with E-state index in [1.54, 1.807) is 16.8 Å². The smallest absolute Gasteiger partial charge is 0.234 e. The molecule has 10 heteroatoms. The molecular weight excluding hydrogens is 446 g/mol. The average molecular weight is 468 g/mol. The number of nitrogens with one attached hydrogen (secondary N) is 1. The van der Waals surface area contributed by atoms with E-state index in [4.69, 9.17) is 18.0 Å². The summed E-state index contributed by atoms with van der Waals surface area (Å²) in [6.45, 7) is 4.18. The van der Waals surface area contributed by atoms with E-state index < -0.39 is 0 Å². The number of halogens is 1. The number of carbonyl (C=O) groups excluding carboxylic acids is 1. The predicted octanol–water partition coefficient (Wildman–Crippen LogP) is 2.80. The number of hydrogen-bond acceptors (Lipinski definition) is 7. The van der Waals surface area contributed by atoms with E-state index in [1.807, 2.05) is 36.4 Å². The van der Waals surface area contributed by atoms with Gasteiger partial charge >= 0.3 is 0 Å². The fraction of sp³-hybridized carbons (Fsp3) is 0.273. The summed E-state index contributed by atoms with van der Waals surface area (Å²) in [5.41, 5.74) is 2.58. The van der Waals surface area contributed by atoms with Crippen LogP contribution in [0.5, 0.6) is 0 Å². The molecule has 0 bridgehead atoms. The number of thioether (sulfide) groups is 1. The van der Waals surface area contributed by atoms with Crippen LogP contribution in [0.25, 0.3) is 5.69 Å². The second kappa shape index (κ2) is 10.5. The maximum Gasteiger partial charge on any atom is 0.234 e. The number of piperazine rings is 1. The van der Waals surface area contributed by atoms with Crippen molar-refractivity contribution in [2.24, 2.45) is 0 Å². The van der Waals surface area contributed by atoms with Crippen molar-refractivity contribution >= 4 is 40.6 Å². The molecule has 0 unspecified atom stereocenters. The third-order valence-electron chi connectivity index (χ3n) is 5.05. The number of anilines is 2. The second-order valence-electron chi connectivity index (χ2n) is 7.17. The highest BCUT2D eigenvalue weighted by Crippen LogP contribution is 2.27. The molecule has 0 atom stereocenters. The van der Waals surface area contributed by atoms with Crippen molar-refractivity contribution in [1.82, 2.24) is 25.1 Å². The van der Waals surface area contributed by atoms with E-state index in [2.05, 4.69) is 36.6 Å². The summed E-state index contributed by atoms with van der Waals surface area (Å²) in [6.07, 6.45) is 5.42. The molecule has 3 aromatic rings. The molecule has 0 radical (unpaired) electrons. The summed E-state index contributed by atoms with van der Waals surface area (Å²) in [5.74, 6) is 2.75. The van der Waals surface area contributed by atoms with Crippen LogP contribution in [0, 0.1) is 12.3 Å². The zero-order valence-corrected chi connectivity index (χ0v) is 18.9. The van der Waals surface area contributed by atoms with Crippen LogP contribution in [0.15, 0.2) is 53.7 Å². The van der Waals surface area contributed by atoms with Gasteiger partial charge in [0.1, 0.15) is 0 Å². The van der Waals surface area contributed by atoms with Crippen molar-refractivity contribution < 1.29 is 4.79 Å². The van der Waals surface area contributed by atoms with E-state index in [9.17, 15) is 4.79 Å². The zero-order chi connectivity index (χ0) is 22.3. The molecule has 1 saturated heterocycles. The first kappa shape index (κ1) is 22.1. The predicted molar refractivity (Wildman–Crippen MR) is 127 cm³/mol. The Morgan fingerprint density at radius 1 is 1.12 bits per heavy atom. The number of carbonyl (C=O) groups is 1. The SMILES string of the molecule is C#CCN1CCN(c2ccccc2NC(=O)CSc2nnnn2-c2ccc(Cl)cc2)CC1. The molecule has 2 aromatic carbocycles. The molecule has 4 rings (SSSR count). The first-order valence-electron chi connectivity index (χ1n) is 10.1. The summed E-state index contributed by atoms with van der Waals surface area (Å²) in [5, 5.41) is 16.0. The number of para-hydroxylation sites is 2. The minimum Gasteiger partial charge on any atom is -0.367 e. The molecular formula is C22H22ClN7OS. The number of terminal acetylenes is 1. The topological polar surface area (TPSA) is 79.2 Å². The molecule has 1 amide bonds. The fourth-order valence-electron chi connectivity index (χ4n) is 3.46. The highest BCUT2D eigenvalue weighted by atomic mass is 35.5. The largest absolute Gasteiger partial charge is 0.367 e. The molecule has 0 spiro atoms. The lowest BCUT2D eigenvalue weighted by Crippen LogP contribution is -2.46. The summed E-state index contributed by atoms with van der Waals surface area (Å²) >= 11 is 7.22. The molecule has 2 heterocycles. The van der Waals surface area contributed by atoms with Crippen LogP contribution in [0.1, 0.15) is 0 Å². The Kier molecular flexibility index (Phi) is 7.27. The average Bonchev–Trinajstić information content (AvgIpc) is 3.28. The van der Waals surface area contributed by atoms with Crippen molar-refractivity contribution in [3.63, 3.8) is 0 Å². The first-order valence-corrected chi connectivity index (χ1v) is 11.5. The Morgan fingerprint density at radius 3 is 2.62 bits per heavy atom. The van der Waals surface area contributed by atoms with Crippen molar-refractivity contribution in [1.29, 1.82) is 0 Å². The van der Waals surface area contributed by atoms with E-state index in [1.165, 1.54) is 11.8 Å². The van der Waals surface area contributed by atoms with Gasteiger partial charge in [-0.25, -0.2) is 0 Å². The number of amides is 1. The van der Waals surface area contributed by atoms with E-state index >= 15 is 0 Å². The third-order valence-corrected chi connectivity index (χ3v) is 6.22. The molecule has 1 N–H and O–H groups in total. The van der Waals surface area contributed by atoms with Crippen molar-refractivity contribution in [3.05, 3.63) is 53.6 Å². The van der Waals surface area contributed by atoms with Gasteiger partial charge in [-0.15, -0.1) is 11.5 Å². The molecule has 0 aliphatic carbocycles. The van der Waals surface area contributed by atoms with Gasteiger partial charge in [0.05, 0.1) is 29.4 Å². The van der Waals surface area contributed by atoms with E-state index in [0.717, 1.165) is 43.2 Å². The van der Waals surface area contributed by atoms with Gasteiger partial charge in [0, 0.05) is 31.2 Å². The van der Waals surface area contributed by atoms with Crippen LogP contribution >= 0.6 is 23.4 Å². The Balaban J connectivity index is 1.37. The summed E-state index contributed by atoms with van der Waals surface area (Å²) < 4.78 is 1.58. The van der Waals surface area contributed by atoms with Gasteiger partial charge in [-0.2, -0.15) is 4.68 Å². The molecule has 1 aliphatic rings. The van der Waals surface area contributed by atoms with Crippen LogP contribution in [0.3, 0.4) is 0 Å². The molecule has 1 fully saturated rings. The number of aromatic nitrogens is 4. The Labute approximate surface area is 195 Å². The lowest BCUT2D eigenvalue weighted by molar-refractivity contribution is -0.113. The minimum absolute atomic E-state index is 0.126. The van der Waals surface area contributed by atoms with Gasteiger partial charge in [0.15, 0.2) is 0 Å². The lowest BCUT2D eigenvalue weighted by atomic mass is 10.2. The maximum atomic E-state index is 12.7. The Bertz CT molecular complexity index is 1100. The normalized spacial score (nSPS) is 14.2. The summed E-state index contributed by atoms with van der Waals surface area (Å²) in [7, 11) is 0. The van der Waals surface area contributed by atoms with Gasteiger partial charge in [-0.1, -0.05) is 41.4 Å². The summed E-state index contributed by atoms with van der Waals surface area (Å²) in [4.78, 5) is 17.2. The number of hydrogen-bond donors (Lipinski definition) is 1. The fourth-order valence-corrected chi connectivity index (χ4v) is 4.28. The molecule has 0 saturated carbocycles. The minimum atomic E-state index is -0.126.